The summed E-state index contributed by atoms with van der Waals surface area (Å²) >= 11 is 0. The average Bonchev–Trinajstić information content (AvgIpc) is 2.96. The first-order valence-corrected chi connectivity index (χ1v) is 13.1. The molecule has 1 saturated carbocycles. The fourth-order valence-corrected chi connectivity index (χ4v) is 5.01. The van der Waals surface area contributed by atoms with Crippen molar-refractivity contribution in [1.29, 1.82) is 0 Å². The molecule has 0 spiro atoms. The van der Waals surface area contributed by atoms with Gasteiger partial charge >= 0.3 is 0 Å². The molecule has 5 heteroatoms. The summed E-state index contributed by atoms with van der Waals surface area (Å²) in [5.74, 6) is 1.14. The quantitative estimate of drug-likeness (QED) is 0.322. The highest BCUT2D eigenvalue weighted by atomic mass is 16.5. The highest BCUT2D eigenvalue weighted by Gasteiger charge is 2.27. The molecule has 0 heterocycles. The minimum Gasteiger partial charge on any atom is -0.495 e. The van der Waals surface area contributed by atoms with E-state index in [1.165, 1.54) is 6.42 Å². The van der Waals surface area contributed by atoms with Crippen molar-refractivity contribution in [1.82, 2.24) is 0 Å². The molecule has 4 rings (SSSR count). The molecular formula is C32H38N2O3. The lowest BCUT2D eigenvalue weighted by atomic mass is 9.88. The maximum atomic E-state index is 13.8. The minimum absolute atomic E-state index is 0.0962. The van der Waals surface area contributed by atoms with Gasteiger partial charge in [-0.2, -0.15) is 0 Å². The van der Waals surface area contributed by atoms with E-state index < -0.39 is 0 Å². The molecule has 1 aliphatic carbocycles. The van der Waals surface area contributed by atoms with Gasteiger partial charge in [-0.25, -0.2) is 0 Å². The number of nitrogens with one attached hydrogen (secondary N) is 1. The van der Waals surface area contributed by atoms with Crippen LogP contribution < -0.4 is 15.0 Å². The Bertz CT molecular complexity index is 1200. The zero-order chi connectivity index (χ0) is 26.0. The van der Waals surface area contributed by atoms with Crippen LogP contribution in [0.5, 0.6) is 5.75 Å². The van der Waals surface area contributed by atoms with Crippen LogP contribution in [0, 0.1) is 5.92 Å². The summed E-state index contributed by atoms with van der Waals surface area (Å²) in [6.07, 6.45) is 9.48. The molecule has 1 amide bonds. The molecule has 3 aromatic carbocycles. The SMILES string of the molecule is CNc1ccc(-c2ccc(CN(C(=O)C3CCCCC3)c3cccc(/C=C/COC)c3)cc2)cc1OC. The van der Waals surface area contributed by atoms with Gasteiger partial charge in [-0.1, -0.05) is 73.9 Å². The molecule has 1 N–H and O–H groups in total. The molecule has 0 bridgehead atoms. The Hall–Kier alpha value is -3.57. The second-order valence-electron chi connectivity index (χ2n) is 9.57. The summed E-state index contributed by atoms with van der Waals surface area (Å²) in [6, 6.07) is 22.9. The van der Waals surface area contributed by atoms with Gasteiger partial charge in [-0.05, 0) is 59.4 Å². The van der Waals surface area contributed by atoms with Gasteiger partial charge < -0.3 is 19.7 Å². The topological polar surface area (TPSA) is 50.8 Å². The van der Waals surface area contributed by atoms with Crippen molar-refractivity contribution in [2.24, 2.45) is 5.92 Å². The van der Waals surface area contributed by atoms with Crippen molar-refractivity contribution < 1.29 is 14.3 Å². The number of hydrogen-bond donors (Lipinski definition) is 1. The van der Waals surface area contributed by atoms with Crippen molar-refractivity contribution in [2.75, 3.05) is 38.1 Å². The molecular weight excluding hydrogens is 460 g/mol. The predicted molar refractivity (Wildman–Crippen MR) is 153 cm³/mol. The maximum absolute atomic E-state index is 13.8. The molecule has 3 aromatic rings. The zero-order valence-corrected chi connectivity index (χ0v) is 22.2. The standard InChI is InChI=1S/C32H38N2O3/c1-33-30-19-18-28(22-31(30)37-3)26-16-14-25(15-17-26)23-34(32(35)27-11-5-4-6-12-27)29-13-7-9-24(21-29)10-8-20-36-2/h7-10,13-19,21-22,27,33H,4-6,11-12,20,23H2,1-3H3/b10-8+. The van der Waals surface area contributed by atoms with Gasteiger partial charge in [-0.3, -0.25) is 4.79 Å². The van der Waals surface area contributed by atoms with Gasteiger partial charge in [0.15, 0.2) is 0 Å². The number of carbonyl (C=O) groups excluding carboxylic acids is 1. The zero-order valence-electron chi connectivity index (χ0n) is 22.2. The van der Waals surface area contributed by atoms with Crippen LogP contribution in [0.25, 0.3) is 17.2 Å². The first-order chi connectivity index (χ1) is 18.1. The summed E-state index contributed by atoms with van der Waals surface area (Å²) in [4.78, 5) is 15.7. The Kier molecular flexibility index (Phi) is 9.39. The Labute approximate surface area is 221 Å². The monoisotopic (exact) mass is 498 g/mol. The molecule has 1 aliphatic rings. The molecule has 0 atom stereocenters. The van der Waals surface area contributed by atoms with Crippen LogP contribution in [0.3, 0.4) is 0 Å². The number of nitrogens with zero attached hydrogens (tertiary/aromatic N) is 1. The maximum Gasteiger partial charge on any atom is 0.230 e. The molecule has 194 valence electrons. The Morgan fingerprint density at radius 3 is 2.43 bits per heavy atom. The van der Waals surface area contributed by atoms with Gasteiger partial charge in [-0.15, -0.1) is 0 Å². The molecule has 0 radical (unpaired) electrons. The molecule has 5 nitrogen and oxygen atoms in total. The summed E-state index contributed by atoms with van der Waals surface area (Å²) < 4.78 is 10.7. The molecule has 1 fully saturated rings. The average molecular weight is 499 g/mol. The number of methoxy groups -OCH3 is 2. The van der Waals surface area contributed by atoms with Crippen LogP contribution in [-0.4, -0.2) is 33.8 Å². The number of rotatable bonds is 10. The summed E-state index contributed by atoms with van der Waals surface area (Å²) in [7, 11) is 5.26. The van der Waals surface area contributed by atoms with Gasteiger partial charge in [0.1, 0.15) is 5.75 Å². The van der Waals surface area contributed by atoms with Gasteiger partial charge in [0.25, 0.3) is 0 Å². The lowest BCUT2D eigenvalue weighted by molar-refractivity contribution is -0.123. The van der Waals surface area contributed by atoms with Crippen LogP contribution >= 0.6 is 0 Å². The normalized spacial score (nSPS) is 14.0. The van der Waals surface area contributed by atoms with E-state index in [9.17, 15) is 4.79 Å². The summed E-state index contributed by atoms with van der Waals surface area (Å²) in [6.45, 7) is 1.10. The molecule has 0 saturated heterocycles. The molecule has 0 unspecified atom stereocenters. The second kappa shape index (κ2) is 13.1. The van der Waals surface area contributed by atoms with Crippen molar-refractivity contribution in [3.63, 3.8) is 0 Å². The van der Waals surface area contributed by atoms with E-state index in [-0.39, 0.29) is 11.8 Å². The van der Waals surface area contributed by atoms with Crippen molar-refractivity contribution >= 4 is 23.4 Å². The van der Waals surface area contributed by atoms with Crippen molar-refractivity contribution in [3.05, 3.63) is 83.9 Å². The first-order valence-electron chi connectivity index (χ1n) is 13.1. The third-order valence-corrected chi connectivity index (χ3v) is 7.07. The Morgan fingerprint density at radius 1 is 0.973 bits per heavy atom. The first kappa shape index (κ1) is 26.5. The molecule has 37 heavy (non-hydrogen) atoms. The smallest absolute Gasteiger partial charge is 0.230 e. The number of hydrogen-bond acceptors (Lipinski definition) is 4. The van der Waals surface area contributed by atoms with E-state index in [0.717, 1.165) is 65.1 Å². The number of benzene rings is 3. The van der Waals surface area contributed by atoms with E-state index in [1.54, 1.807) is 14.2 Å². The molecule has 0 aromatic heterocycles. The van der Waals surface area contributed by atoms with E-state index >= 15 is 0 Å². The Morgan fingerprint density at radius 2 is 1.73 bits per heavy atom. The third-order valence-electron chi connectivity index (χ3n) is 7.07. The largest absolute Gasteiger partial charge is 0.495 e. The Balaban J connectivity index is 1.59. The van der Waals surface area contributed by atoms with E-state index in [1.807, 2.05) is 48.4 Å². The molecule has 0 aliphatic heterocycles. The van der Waals surface area contributed by atoms with Crippen LogP contribution in [0.4, 0.5) is 11.4 Å². The summed E-state index contributed by atoms with van der Waals surface area (Å²) in [5, 5.41) is 3.15. The van der Waals surface area contributed by atoms with Crippen molar-refractivity contribution in [3.8, 4) is 16.9 Å². The van der Waals surface area contributed by atoms with Crippen molar-refractivity contribution in [2.45, 2.75) is 38.6 Å². The highest BCUT2D eigenvalue weighted by molar-refractivity contribution is 5.95. The fraction of sp³-hybridized carbons (Fsp3) is 0.344. The number of ether oxygens (including phenoxy) is 2. The third kappa shape index (κ3) is 6.80. The van der Waals surface area contributed by atoms with Crippen LogP contribution in [-0.2, 0) is 16.1 Å². The number of anilines is 2. The fourth-order valence-electron chi connectivity index (χ4n) is 5.01. The van der Waals surface area contributed by atoms with E-state index in [2.05, 4.69) is 47.8 Å². The lowest BCUT2D eigenvalue weighted by Crippen LogP contribution is -2.36. The van der Waals surface area contributed by atoms with E-state index in [4.69, 9.17) is 9.47 Å². The van der Waals surface area contributed by atoms with Gasteiger partial charge in [0.2, 0.25) is 5.91 Å². The highest BCUT2D eigenvalue weighted by Crippen LogP contribution is 2.32. The van der Waals surface area contributed by atoms with Gasteiger partial charge in [0.05, 0.1) is 25.9 Å². The lowest BCUT2D eigenvalue weighted by Gasteiger charge is -2.30. The second-order valence-corrected chi connectivity index (χ2v) is 9.57. The predicted octanol–water partition coefficient (Wildman–Crippen LogP) is 7.18. The van der Waals surface area contributed by atoms with E-state index in [0.29, 0.717) is 13.2 Å². The van der Waals surface area contributed by atoms with Crippen LogP contribution in [0.2, 0.25) is 0 Å². The minimum atomic E-state index is 0.0962. The van der Waals surface area contributed by atoms with Crippen LogP contribution in [0.15, 0.2) is 72.8 Å². The number of amides is 1. The summed E-state index contributed by atoms with van der Waals surface area (Å²) in [5.41, 5.74) is 6.26. The van der Waals surface area contributed by atoms with Crippen LogP contribution in [0.1, 0.15) is 43.2 Å². The van der Waals surface area contributed by atoms with Gasteiger partial charge in [0, 0.05) is 25.8 Å². The number of carbonyl (C=O) groups is 1.